The van der Waals surface area contributed by atoms with E-state index in [1.54, 1.807) is 0 Å². The molecule has 0 saturated heterocycles. The fraction of sp³-hybridized carbons (Fsp3) is 0. The standard InChI is InChI=1S/CH2O3.H2O4S.Pb/c2-1(3)4;1-5(2,3)4;/h(H2,2,3,4);(H2,1,2,3,4);/q;;+2/p-2. The second-order valence-corrected chi connectivity index (χ2v) is 1.51. The van der Waals surface area contributed by atoms with Gasteiger partial charge in [-0.25, -0.2) is 4.79 Å². The molecule has 9 heteroatoms. The van der Waals surface area contributed by atoms with Crippen molar-refractivity contribution in [3.8, 4) is 0 Å². The minimum Gasteiger partial charge on any atom is -0.759 e. The third-order valence-corrected chi connectivity index (χ3v) is 0. The van der Waals surface area contributed by atoms with Gasteiger partial charge in [-0.3, -0.25) is 8.42 Å². The topological polar surface area (TPSA) is 138 Å². The molecule has 10 heavy (non-hydrogen) atoms. The third kappa shape index (κ3) is 104000. The van der Waals surface area contributed by atoms with Crippen molar-refractivity contribution in [3.63, 3.8) is 0 Å². The second-order valence-electron chi connectivity index (χ2n) is 0.691. The van der Waals surface area contributed by atoms with E-state index >= 15 is 0 Å². The first-order valence-electron chi connectivity index (χ1n) is 1.32. The van der Waals surface area contributed by atoms with Crippen molar-refractivity contribution in [1.29, 1.82) is 0 Å². The van der Waals surface area contributed by atoms with Gasteiger partial charge in [0.1, 0.15) is 0 Å². The van der Waals surface area contributed by atoms with E-state index in [9.17, 15) is 0 Å². The van der Waals surface area contributed by atoms with Crippen molar-refractivity contribution in [3.05, 3.63) is 0 Å². The molecule has 0 rings (SSSR count). The van der Waals surface area contributed by atoms with Crippen LogP contribution in [-0.2, 0) is 10.4 Å². The van der Waals surface area contributed by atoms with Crippen LogP contribution in [-0.4, -0.2) is 61.2 Å². The largest absolute Gasteiger partial charge is 2.00 e. The van der Waals surface area contributed by atoms with Crippen LogP contribution in [0.3, 0.4) is 0 Å². The van der Waals surface area contributed by atoms with Crippen molar-refractivity contribution in [2.24, 2.45) is 0 Å². The number of carbonyl (C=O) groups is 1. The predicted molar refractivity (Wildman–Crippen MR) is 26.9 cm³/mol. The maximum Gasteiger partial charge on any atom is 2.00 e. The van der Waals surface area contributed by atoms with E-state index in [1.165, 1.54) is 0 Å². The molecule has 0 saturated carbocycles. The average Bonchev–Trinajstić information content (AvgIpc) is 1.19. The van der Waals surface area contributed by atoms with Crippen molar-refractivity contribution < 1.29 is 32.5 Å². The van der Waals surface area contributed by atoms with Crippen LogP contribution < -0.4 is 0 Å². The first-order valence-corrected chi connectivity index (χ1v) is 2.65. The second kappa shape index (κ2) is 7.17. The van der Waals surface area contributed by atoms with Gasteiger partial charge in [-0.15, -0.1) is 0 Å². The van der Waals surface area contributed by atoms with E-state index in [-0.39, 0.29) is 27.3 Å². The molecule has 58 valence electrons. The van der Waals surface area contributed by atoms with Crippen LogP contribution in [0.2, 0.25) is 0 Å². The smallest absolute Gasteiger partial charge is 0.759 e. The normalized spacial score (nSPS) is 8.20. The molecule has 0 spiro atoms. The van der Waals surface area contributed by atoms with E-state index in [4.69, 9.17) is 32.5 Å². The van der Waals surface area contributed by atoms with E-state index in [0.29, 0.717) is 0 Å². The summed E-state index contributed by atoms with van der Waals surface area (Å²) in [5, 5.41) is 13.9. The average molecular weight is 365 g/mol. The molecule has 0 aromatic heterocycles. The van der Waals surface area contributed by atoms with Gasteiger partial charge in [0.25, 0.3) is 0 Å². The Hall–Kier alpha value is 0.0621. The Morgan fingerprint density at radius 3 is 1.20 bits per heavy atom. The van der Waals surface area contributed by atoms with E-state index in [2.05, 4.69) is 0 Å². The zero-order valence-corrected chi connectivity index (χ0v) is 9.05. The van der Waals surface area contributed by atoms with Gasteiger partial charge < -0.3 is 19.3 Å². The molecule has 0 amide bonds. The van der Waals surface area contributed by atoms with Crippen LogP contribution in [0.5, 0.6) is 0 Å². The van der Waals surface area contributed by atoms with Gasteiger partial charge in [0, 0.05) is 10.4 Å². The summed E-state index contributed by atoms with van der Waals surface area (Å²) in [5.74, 6) is 0. The van der Waals surface area contributed by atoms with Crippen molar-refractivity contribution in [2.45, 2.75) is 0 Å². The Labute approximate surface area is 76.4 Å². The summed E-state index contributed by atoms with van der Waals surface area (Å²) in [6.07, 6.45) is -1.83. The summed E-state index contributed by atoms with van der Waals surface area (Å²) in [4.78, 5) is 8.56. The van der Waals surface area contributed by atoms with Gasteiger partial charge in [-0.2, -0.15) is 0 Å². The number of carboxylic acid groups (broad SMARTS) is 2. The van der Waals surface area contributed by atoms with Crippen LogP contribution >= 0.6 is 0 Å². The molecule has 0 aromatic carbocycles. The summed E-state index contributed by atoms with van der Waals surface area (Å²) < 4.78 is 34.1. The SMILES string of the molecule is O=C(O)O.O=S(=O)([O-])[O-].[Pb+2]. The van der Waals surface area contributed by atoms with Crippen LogP contribution in [0, 0.1) is 0 Å². The Morgan fingerprint density at radius 1 is 1.20 bits per heavy atom. The molecule has 0 aliphatic heterocycles. The Kier molecular flexibility index (Phi) is 11.9. The summed E-state index contributed by atoms with van der Waals surface area (Å²) in [6.45, 7) is 0. The van der Waals surface area contributed by atoms with Crippen LogP contribution in [0.1, 0.15) is 0 Å². The molecule has 0 atom stereocenters. The summed E-state index contributed by atoms with van der Waals surface area (Å²) in [7, 11) is -5.17. The number of rotatable bonds is 0. The first kappa shape index (κ1) is 16.6. The summed E-state index contributed by atoms with van der Waals surface area (Å²) in [5.41, 5.74) is 0. The Morgan fingerprint density at radius 2 is 1.20 bits per heavy atom. The molecule has 0 aliphatic rings. The van der Waals surface area contributed by atoms with Gasteiger partial charge in [0.05, 0.1) is 0 Å². The fourth-order valence-electron chi connectivity index (χ4n) is 0. The van der Waals surface area contributed by atoms with E-state index in [1.807, 2.05) is 0 Å². The van der Waals surface area contributed by atoms with Gasteiger partial charge in [-0.1, -0.05) is 0 Å². The van der Waals surface area contributed by atoms with Crippen LogP contribution in [0.15, 0.2) is 0 Å². The van der Waals surface area contributed by atoms with E-state index in [0.717, 1.165) is 0 Å². The number of hydrogen-bond donors (Lipinski definition) is 2. The fourth-order valence-corrected chi connectivity index (χ4v) is 0. The van der Waals surface area contributed by atoms with Gasteiger partial charge >= 0.3 is 33.5 Å². The summed E-state index contributed by atoms with van der Waals surface area (Å²) >= 11 is 0. The third-order valence-electron chi connectivity index (χ3n) is 0. The molecule has 2 radical (unpaired) electrons. The summed E-state index contributed by atoms with van der Waals surface area (Å²) in [6, 6.07) is 0. The van der Waals surface area contributed by atoms with Gasteiger partial charge in [0.2, 0.25) is 0 Å². The molecular weight excluding hydrogens is 363 g/mol. The molecular formula is CH2O7PbS. The predicted octanol–water partition coefficient (Wildman–Crippen LogP) is -1.50. The zero-order chi connectivity index (χ0) is 8.08. The molecule has 0 bridgehead atoms. The van der Waals surface area contributed by atoms with Crippen molar-refractivity contribution in [2.75, 3.05) is 0 Å². The van der Waals surface area contributed by atoms with Gasteiger partial charge in [-0.05, 0) is 0 Å². The first-order chi connectivity index (χ1) is 3.73. The molecule has 0 fully saturated rings. The molecule has 0 heterocycles. The monoisotopic (exact) mass is 366 g/mol. The van der Waals surface area contributed by atoms with Crippen molar-refractivity contribution >= 4 is 43.9 Å². The molecule has 0 aromatic rings. The molecule has 7 nitrogen and oxygen atoms in total. The minimum atomic E-state index is -5.17. The Bertz CT molecular complexity index is 156. The van der Waals surface area contributed by atoms with Gasteiger partial charge in [0.15, 0.2) is 0 Å². The zero-order valence-electron chi connectivity index (χ0n) is 4.34. The van der Waals surface area contributed by atoms with Crippen molar-refractivity contribution in [1.82, 2.24) is 0 Å². The maximum absolute atomic E-state index is 8.56. The molecule has 2 N–H and O–H groups in total. The van der Waals surface area contributed by atoms with E-state index < -0.39 is 16.6 Å². The quantitative estimate of drug-likeness (QED) is 0.303. The van der Waals surface area contributed by atoms with Crippen LogP contribution in [0.25, 0.3) is 0 Å². The maximum atomic E-state index is 8.56. The Balaban J connectivity index is -0.0000000910. The van der Waals surface area contributed by atoms with Crippen LogP contribution in [0.4, 0.5) is 4.79 Å². The number of hydrogen-bond acceptors (Lipinski definition) is 5. The minimum absolute atomic E-state index is 0. The molecule has 0 unspecified atom stereocenters. The molecule has 0 aliphatic carbocycles.